The molecule has 1 rings (SSSR count). The van der Waals surface area contributed by atoms with Crippen molar-refractivity contribution in [1.29, 1.82) is 0 Å². The maximum Gasteiger partial charge on any atom is 0.0440 e. The zero-order valence-corrected chi connectivity index (χ0v) is 9.06. The summed E-state index contributed by atoms with van der Waals surface area (Å²) in [5, 5.41) is 0. The Morgan fingerprint density at radius 2 is 2.23 bits per heavy atom. The minimum Gasteiger partial charge on any atom is -0.103 e. The zero-order chi connectivity index (χ0) is 9.84. The summed E-state index contributed by atoms with van der Waals surface area (Å²) in [7, 11) is 0. The molecule has 0 heterocycles. The van der Waals surface area contributed by atoms with Gasteiger partial charge in [0.25, 0.3) is 0 Å². The van der Waals surface area contributed by atoms with Gasteiger partial charge >= 0.3 is 0 Å². The molecule has 0 nitrogen and oxygen atoms in total. The monoisotopic (exact) mass is 176 g/mol. The van der Waals surface area contributed by atoms with E-state index in [1.807, 2.05) is 0 Å². The third kappa shape index (κ3) is 2.37. The van der Waals surface area contributed by atoms with E-state index in [0.717, 1.165) is 18.3 Å². The van der Waals surface area contributed by atoms with Gasteiger partial charge in [-0.15, -0.1) is 5.92 Å². The van der Waals surface area contributed by atoms with Crippen LogP contribution in [0.2, 0.25) is 0 Å². The molecule has 1 aliphatic carbocycles. The van der Waals surface area contributed by atoms with Gasteiger partial charge in [0.2, 0.25) is 0 Å². The van der Waals surface area contributed by atoms with Gasteiger partial charge in [0.05, 0.1) is 0 Å². The Hall–Kier alpha value is -0.700. The van der Waals surface area contributed by atoms with E-state index < -0.39 is 0 Å². The molecule has 72 valence electrons. The predicted molar refractivity (Wildman–Crippen MR) is 58.3 cm³/mol. The molecule has 0 aliphatic heterocycles. The molecule has 2 unspecified atom stereocenters. The smallest absolute Gasteiger partial charge is 0.0440 e. The van der Waals surface area contributed by atoms with Crippen LogP contribution < -0.4 is 0 Å². The summed E-state index contributed by atoms with van der Waals surface area (Å²) in [6.45, 7) is 10.8. The fourth-order valence-electron chi connectivity index (χ4n) is 2.12. The Balaban J connectivity index is 2.71. The Kier molecular flexibility index (Phi) is 3.60. The van der Waals surface area contributed by atoms with Crippen molar-refractivity contribution >= 4 is 0 Å². The first-order chi connectivity index (χ1) is 6.16. The van der Waals surface area contributed by atoms with Crippen molar-refractivity contribution in [2.45, 2.75) is 40.0 Å². The first-order valence-corrected chi connectivity index (χ1v) is 5.32. The van der Waals surface area contributed by atoms with E-state index in [0.29, 0.717) is 5.92 Å². The Morgan fingerprint density at radius 1 is 1.54 bits per heavy atom. The molecule has 0 spiro atoms. The SMILES string of the molecule is C=C1CCC(C(C)C)C1C#CCC. The lowest BCUT2D eigenvalue weighted by Crippen LogP contribution is -2.13. The van der Waals surface area contributed by atoms with Crippen LogP contribution in [0.3, 0.4) is 0 Å². The van der Waals surface area contributed by atoms with E-state index in [9.17, 15) is 0 Å². The lowest BCUT2D eigenvalue weighted by Gasteiger charge is -2.18. The Labute approximate surface area is 82.4 Å². The van der Waals surface area contributed by atoms with Crippen LogP contribution in [-0.2, 0) is 0 Å². The van der Waals surface area contributed by atoms with Crippen LogP contribution in [0.1, 0.15) is 40.0 Å². The fraction of sp³-hybridized carbons (Fsp3) is 0.692. The second-order valence-corrected chi connectivity index (χ2v) is 4.26. The lowest BCUT2D eigenvalue weighted by atomic mass is 9.85. The molecular weight excluding hydrogens is 156 g/mol. The van der Waals surface area contributed by atoms with Crippen LogP contribution >= 0.6 is 0 Å². The van der Waals surface area contributed by atoms with E-state index >= 15 is 0 Å². The van der Waals surface area contributed by atoms with Gasteiger partial charge in [0.15, 0.2) is 0 Å². The summed E-state index contributed by atoms with van der Waals surface area (Å²) in [5.41, 5.74) is 1.36. The number of allylic oxidation sites excluding steroid dienone is 1. The zero-order valence-electron chi connectivity index (χ0n) is 9.06. The predicted octanol–water partition coefficient (Wildman–Crippen LogP) is 3.64. The highest BCUT2D eigenvalue weighted by molar-refractivity contribution is 5.22. The van der Waals surface area contributed by atoms with Crippen molar-refractivity contribution in [1.82, 2.24) is 0 Å². The highest BCUT2D eigenvalue weighted by Gasteiger charge is 2.30. The molecule has 0 bridgehead atoms. The summed E-state index contributed by atoms with van der Waals surface area (Å²) >= 11 is 0. The van der Waals surface area contributed by atoms with Crippen molar-refractivity contribution in [3.05, 3.63) is 12.2 Å². The van der Waals surface area contributed by atoms with Crippen LogP contribution in [0.4, 0.5) is 0 Å². The topological polar surface area (TPSA) is 0 Å². The molecule has 0 N–H and O–H groups in total. The van der Waals surface area contributed by atoms with E-state index in [-0.39, 0.29) is 0 Å². The van der Waals surface area contributed by atoms with Gasteiger partial charge in [0, 0.05) is 12.3 Å². The van der Waals surface area contributed by atoms with Gasteiger partial charge in [-0.3, -0.25) is 0 Å². The molecule has 2 atom stereocenters. The summed E-state index contributed by atoms with van der Waals surface area (Å²) < 4.78 is 0. The van der Waals surface area contributed by atoms with Crippen molar-refractivity contribution in [3.8, 4) is 11.8 Å². The van der Waals surface area contributed by atoms with Crippen LogP contribution in [0, 0.1) is 29.6 Å². The molecule has 0 amide bonds. The van der Waals surface area contributed by atoms with Gasteiger partial charge in [-0.1, -0.05) is 38.8 Å². The van der Waals surface area contributed by atoms with Crippen molar-refractivity contribution < 1.29 is 0 Å². The third-order valence-electron chi connectivity index (χ3n) is 2.96. The summed E-state index contributed by atoms with van der Waals surface area (Å²) in [4.78, 5) is 0. The first-order valence-electron chi connectivity index (χ1n) is 5.32. The van der Waals surface area contributed by atoms with Crippen LogP contribution in [0.5, 0.6) is 0 Å². The summed E-state index contributed by atoms with van der Waals surface area (Å²) in [6.07, 6.45) is 3.44. The van der Waals surface area contributed by atoms with Gasteiger partial charge in [-0.05, 0) is 24.7 Å². The Bertz CT molecular complexity index is 236. The molecule has 0 aromatic rings. The average molecular weight is 176 g/mol. The lowest BCUT2D eigenvalue weighted by molar-refractivity contribution is 0.359. The maximum absolute atomic E-state index is 4.12. The maximum atomic E-state index is 4.12. The van der Waals surface area contributed by atoms with Crippen molar-refractivity contribution in [3.63, 3.8) is 0 Å². The van der Waals surface area contributed by atoms with Gasteiger partial charge in [-0.25, -0.2) is 0 Å². The first kappa shape index (κ1) is 10.4. The van der Waals surface area contributed by atoms with Crippen molar-refractivity contribution in [2.75, 3.05) is 0 Å². The van der Waals surface area contributed by atoms with Crippen LogP contribution in [0.25, 0.3) is 0 Å². The second kappa shape index (κ2) is 4.51. The fourth-order valence-corrected chi connectivity index (χ4v) is 2.12. The van der Waals surface area contributed by atoms with E-state index in [1.54, 1.807) is 0 Å². The molecule has 0 heteroatoms. The molecule has 1 aliphatic rings. The molecule has 13 heavy (non-hydrogen) atoms. The normalized spacial score (nSPS) is 27.5. The largest absolute Gasteiger partial charge is 0.103 e. The molecular formula is C13H20. The molecule has 0 saturated heterocycles. The van der Waals surface area contributed by atoms with E-state index in [4.69, 9.17) is 0 Å². The van der Waals surface area contributed by atoms with Crippen LogP contribution in [-0.4, -0.2) is 0 Å². The molecule has 1 saturated carbocycles. The molecule has 0 aromatic carbocycles. The number of hydrogen-bond acceptors (Lipinski definition) is 0. The minimum atomic E-state index is 0.486. The van der Waals surface area contributed by atoms with Crippen molar-refractivity contribution in [2.24, 2.45) is 17.8 Å². The highest BCUT2D eigenvalue weighted by Crippen LogP contribution is 2.39. The van der Waals surface area contributed by atoms with E-state index in [2.05, 4.69) is 39.2 Å². The second-order valence-electron chi connectivity index (χ2n) is 4.26. The third-order valence-corrected chi connectivity index (χ3v) is 2.96. The quantitative estimate of drug-likeness (QED) is 0.422. The molecule has 0 radical (unpaired) electrons. The van der Waals surface area contributed by atoms with Gasteiger partial charge < -0.3 is 0 Å². The molecule has 1 fully saturated rings. The minimum absolute atomic E-state index is 0.486. The Morgan fingerprint density at radius 3 is 2.77 bits per heavy atom. The summed E-state index contributed by atoms with van der Waals surface area (Å²) in [6, 6.07) is 0. The standard InChI is InChI=1S/C13H20/c1-5-6-7-13-11(4)8-9-12(13)10(2)3/h10,12-13H,4-5,8-9H2,1-3H3. The molecule has 0 aromatic heterocycles. The van der Waals surface area contributed by atoms with Gasteiger partial charge in [-0.2, -0.15) is 0 Å². The average Bonchev–Trinajstić information content (AvgIpc) is 2.43. The highest BCUT2D eigenvalue weighted by atomic mass is 14.3. The van der Waals surface area contributed by atoms with E-state index in [1.165, 1.54) is 18.4 Å². The number of hydrogen-bond donors (Lipinski definition) is 0. The van der Waals surface area contributed by atoms with Crippen LogP contribution in [0.15, 0.2) is 12.2 Å². The number of rotatable bonds is 1. The van der Waals surface area contributed by atoms with Gasteiger partial charge in [0.1, 0.15) is 0 Å². The summed E-state index contributed by atoms with van der Waals surface area (Å²) in [5.74, 6) is 8.55.